The lowest BCUT2D eigenvalue weighted by atomic mass is 10.1. The van der Waals surface area contributed by atoms with Crippen LogP contribution in [-0.2, 0) is 4.79 Å². The number of thiophene rings is 1. The summed E-state index contributed by atoms with van der Waals surface area (Å²) in [6, 6.07) is 13.7. The molecular formula is C18H20N3OS+. The van der Waals surface area contributed by atoms with Gasteiger partial charge in [0.15, 0.2) is 6.04 Å². The number of benzene rings is 1. The zero-order valence-corrected chi connectivity index (χ0v) is 13.9. The van der Waals surface area contributed by atoms with Crippen molar-refractivity contribution in [2.75, 3.05) is 11.9 Å². The minimum Gasteiger partial charge on any atom is -0.321 e. The van der Waals surface area contributed by atoms with E-state index < -0.39 is 0 Å². The second-order valence-corrected chi connectivity index (χ2v) is 6.91. The number of anilines is 1. The molecule has 3 rings (SSSR count). The summed E-state index contributed by atoms with van der Waals surface area (Å²) in [5, 5.41) is 13.9. The molecule has 118 valence electrons. The molecular weight excluding hydrogens is 306 g/mol. The number of quaternary nitrogens is 1. The standard InChI is InChI=1S/C18H19N3OS/c1-13(18(22)20-15-8-6-14(12-19)7-9-15)21-10-2-4-16(21)17-5-3-11-23-17/h3,5-9,11,13,16H,2,4,10H2,1H3,(H,20,22)/p+1/t13-,16-/m1/s1. The highest BCUT2D eigenvalue weighted by Gasteiger charge is 2.37. The molecule has 1 saturated heterocycles. The maximum atomic E-state index is 12.6. The molecule has 2 N–H and O–H groups in total. The van der Waals surface area contributed by atoms with Gasteiger partial charge in [0.1, 0.15) is 6.04 Å². The number of hydrogen-bond acceptors (Lipinski definition) is 3. The van der Waals surface area contributed by atoms with Crippen molar-refractivity contribution in [2.24, 2.45) is 0 Å². The molecule has 2 heterocycles. The predicted octanol–water partition coefficient (Wildman–Crippen LogP) is 2.37. The van der Waals surface area contributed by atoms with E-state index in [1.807, 2.05) is 6.92 Å². The van der Waals surface area contributed by atoms with E-state index in [1.54, 1.807) is 35.6 Å². The number of nitrogens with one attached hydrogen (secondary N) is 2. The minimum absolute atomic E-state index is 0.0353. The van der Waals surface area contributed by atoms with E-state index in [1.165, 1.54) is 9.78 Å². The zero-order chi connectivity index (χ0) is 16.2. The van der Waals surface area contributed by atoms with Gasteiger partial charge < -0.3 is 10.2 Å². The Morgan fingerprint density at radius 3 is 2.83 bits per heavy atom. The lowest BCUT2D eigenvalue weighted by molar-refractivity contribution is -0.931. The molecule has 1 unspecified atom stereocenters. The number of nitriles is 1. The van der Waals surface area contributed by atoms with Crippen molar-refractivity contribution in [3.8, 4) is 6.07 Å². The van der Waals surface area contributed by atoms with Crippen LogP contribution in [0, 0.1) is 11.3 Å². The Morgan fingerprint density at radius 1 is 1.39 bits per heavy atom. The SMILES string of the molecule is C[C@H](C(=O)Nc1ccc(C#N)cc1)[NH+]1CCC[C@@H]1c1cccs1. The number of likely N-dealkylation sites (tertiary alicyclic amines) is 1. The third-order valence-corrected chi connectivity index (χ3v) is 5.51. The monoisotopic (exact) mass is 326 g/mol. The largest absolute Gasteiger partial charge is 0.321 e. The molecule has 0 bridgehead atoms. The number of hydrogen-bond donors (Lipinski definition) is 2. The van der Waals surface area contributed by atoms with Gasteiger partial charge >= 0.3 is 0 Å². The molecule has 1 aromatic heterocycles. The number of carbonyl (C=O) groups is 1. The summed E-state index contributed by atoms with van der Waals surface area (Å²) in [4.78, 5) is 15.3. The predicted molar refractivity (Wildman–Crippen MR) is 91.4 cm³/mol. The van der Waals surface area contributed by atoms with Crippen molar-refractivity contribution in [1.82, 2.24) is 0 Å². The van der Waals surface area contributed by atoms with Crippen LogP contribution >= 0.6 is 11.3 Å². The molecule has 4 nitrogen and oxygen atoms in total. The van der Waals surface area contributed by atoms with E-state index in [2.05, 4.69) is 28.9 Å². The molecule has 5 heteroatoms. The van der Waals surface area contributed by atoms with E-state index in [4.69, 9.17) is 5.26 Å². The normalized spacial score (nSPS) is 21.6. The molecule has 1 amide bonds. The average Bonchev–Trinajstić information content (AvgIpc) is 3.25. The van der Waals surface area contributed by atoms with Crippen LogP contribution in [0.15, 0.2) is 41.8 Å². The van der Waals surface area contributed by atoms with Gasteiger partial charge in [0.2, 0.25) is 0 Å². The van der Waals surface area contributed by atoms with Gasteiger partial charge in [-0.1, -0.05) is 6.07 Å². The summed E-state index contributed by atoms with van der Waals surface area (Å²) in [6.45, 7) is 3.03. The highest BCUT2D eigenvalue weighted by Crippen LogP contribution is 2.24. The van der Waals surface area contributed by atoms with E-state index >= 15 is 0 Å². The Balaban J connectivity index is 1.67. The van der Waals surface area contributed by atoms with E-state index in [0.717, 1.165) is 25.1 Å². The molecule has 0 saturated carbocycles. The van der Waals surface area contributed by atoms with Crippen LogP contribution in [0.3, 0.4) is 0 Å². The molecule has 0 aliphatic carbocycles. The summed E-state index contributed by atoms with van der Waals surface area (Å²) >= 11 is 1.78. The Labute approximate surface area is 140 Å². The van der Waals surface area contributed by atoms with E-state index in [9.17, 15) is 4.79 Å². The topological polar surface area (TPSA) is 57.3 Å². The fourth-order valence-corrected chi connectivity index (χ4v) is 4.15. The molecule has 1 fully saturated rings. The van der Waals surface area contributed by atoms with Crippen LogP contribution in [-0.4, -0.2) is 18.5 Å². The van der Waals surface area contributed by atoms with Gasteiger partial charge in [0, 0.05) is 18.5 Å². The van der Waals surface area contributed by atoms with E-state index in [-0.39, 0.29) is 11.9 Å². The van der Waals surface area contributed by atoms with Crippen molar-refractivity contribution < 1.29 is 9.69 Å². The van der Waals surface area contributed by atoms with Crippen molar-refractivity contribution in [3.63, 3.8) is 0 Å². The first-order chi connectivity index (χ1) is 11.2. The number of carbonyl (C=O) groups excluding carboxylic acids is 1. The highest BCUT2D eigenvalue weighted by atomic mass is 32.1. The van der Waals surface area contributed by atoms with Gasteiger partial charge in [0.25, 0.3) is 5.91 Å². The van der Waals surface area contributed by atoms with Crippen LogP contribution in [0.1, 0.15) is 36.2 Å². The van der Waals surface area contributed by atoms with Crippen LogP contribution in [0.4, 0.5) is 5.69 Å². The van der Waals surface area contributed by atoms with Gasteiger partial charge in [0.05, 0.1) is 23.1 Å². The zero-order valence-electron chi connectivity index (χ0n) is 13.1. The van der Waals surface area contributed by atoms with Crippen LogP contribution in [0.2, 0.25) is 0 Å². The quantitative estimate of drug-likeness (QED) is 0.906. The van der Waals surface area contributed by atoms with Crippen molar-refractivity contribution in [1.29, 1.82) is 5.26 Å². The fourth-order valence-electron chi connectivity index (χ4n) is 3.25. The molecule has 3 atom stereocenters. The maximum absolute atomic E-state index is 12.6. The summed E-state index contributed by atoms with van der Waals surface area (Å²) in [5.74, 6) is 0.0353. The number of nitrogens with zero attached hydrogens (tertiary/aromatic N) is 1. The van der Waals surface area contributed by atoms with Crippen LogP contribution in [0.5, 0.6) is 0 Å². The van der Waals surface area contributed by atoms with Crippen molar-refractivity contribution in [2.45, 2.75) is 31.8 Å². The average molecular weight is 326 g/mol. The first kappa shape index (κ1) is 15.7. The molecule has 23 heavy (non-hydrogen) atoms. The van der Waals surface area contributed by atoms with Crippen molar-refractivity contribution >= 4 is 22.9 Å². The van der Waals surface area contributed by atoms with Gasteiger partial charge in [-0.05, 0) is 42.6 Å². The van der Waals surface area contributed by atoms with Gasteiger partial charge in [-0.3, -0.25) is 4.79 Å². The third kappa shape index (κ3) is 3.44. The summed E-state index contributed by atoms with van der Waals surface area (Å²) in [6.07, 6.45) is 2.30. The first-order valence-electron chi connectivity index (χ1n) is 7.89. The molecule has 2 aromatic rings. The number of rotatable bonds is 4. The van der Waals surface area contributed by atoms with Gasteiger partial charge in [-0.25, -0.2) is 0 Å². The summed E-state index contributed by atoms with van der Waals surface area (Å²) < 4.78 is 0. The van der Waals surface area contributed by atoms with Gasteiger partial charge in [-0.2, -0.15) is 5.26 Å². The Morgan fingerprint density at radius 2 is 2.17 bits per heavy atom. The fraction of sp³-hybridized carbons (Fsp3) is 0.333. The summed E-state index contributed by atoms with van der Waals surface area (Å²) in [5.41, 5.74) is 1.34. The summed E-state index contributed by atoms with van der Waals surface area (Å²) in [7, 11) is 0. The third-order valence-electron chi connectivity index (χ3n) is 4.52. The minimum atomic E-state index is -0.0970. The second kappa shape index (κ2) is 6.95. The highest BCUT2D eigenvalue weighted by molar-refractivity contribution is 7.10. The van der Waals surface area contributed by atoms with Crippen LogP contribution in [0.25, 0.3) is 0 Å². The number of amides is 1. The Hall–Kier alpha value is -2.16. The van der Waals surface area contributed by atoms with Gasteiger partial charge in [-0.15, -0.1) is 11.3 Å². The molecule has 0 radical (unpaired) electrons. The lowest BCUT2D eigenvalue weighted by Gasteiger charge is -2.26. The van der Waals surface area contributed by atoms with E-state index in [0.29, 0.717) is 11.6 Å². The lowest BCUT2D eigenvalue weighted by Crippen LogP contribution is -3.15. The Kier molecular flexibility index (Phi) is 4.75. The van der Waals surface area contributed by atoms with Crippen molar-refractivity contribution in [3.05, 3.63) is 52.2 Å². The molecule has 0 spiro atoms. The smallest absolute Gasteiger partial charge is 0.282 e. The first-order valence-corrected chi connectivity index (χ1v) is 8.77. The molecule has 1 aliphatic heterocycles. The molecule has 1 aliphatic rings. The second-order valence-electron chi connectivity index (χ2n) is 5.94. The van der Waals surface area contributed by atoms with Crippen LogP contribution < -0.4 is 10.2 Å². The molecule has 1 aromatic carbocycles. The maximum Gasteiger partial charge on any atom is 0.282 e. The Bertz CT molecular complexity index is 703.